The van der Waals surface area contributed by atoms with Gasteiger partial charge in [-0.25, -0.2) is 0 Å². The molecule has 0 radical (unpaired) electrons. The zero-order valence-corrected chi connectivity index (χ0v) is 12.7. The van der Waals surface area contributed by atoms with Crippen molar-refractivity contribution in [2.24, 2.45) is 0 Å². The molecule has 0 unspecified atom stereocenters. The Balaban J connectivity index is 2.04. The van der Waals surface area contributed by atoms with Crippen LogP contribution in [0.2, 0.25) is 0 Å². The van der Waals surface area contributed by atoms with Crippen LogP contribution in [0.1, 0.15) is 25.0 Å². The zero-order valence-electron chi connectivity index (χ0n) is 12.7. The lowest BCUT2D eigenvalue weighted by Crippen LogP contribution is -2.39. The number of hydrogen-bond acceptors (Lipinski definition) is 2. The summed E-state index contributed by atoms with van der Waals surface area (Å²) >= 11 is 0. The number of benzene rings is 2. The summed E-state index contributed by atoms with van der Waals surface area (Å²) in [6.45, 7) is 4.36. The second-order valence-electron chi connectivity index (χ2n) is 5.53. The van der Waals surface area contributed by atoms with Crippen molar-refractivity contribution in [1.29, 1.82) is 0 Å². The maximum absolute atomic E-state index is 12.5. The maximum Gasteiger partial charge on any atom is 0.230 e. The van der Waals surface area contributed by atoms with Gasteiger partial charge in [0, 0.05) is 6.54 Å². The minimum atomic E-state index is -0.555. The number of nitrogens with one attached hydrogen (secondary N) is 1. The molecule has 2 aromatic carbocycles. The third kappa shape index (κ3) is 3.63. The molecule has 1 amide bonds. The molecule has 3 heteroatoms. The van der Waals surface area contributed by atoms with E-state index in [1.807, 2.05) is 68.4 Å². The molecule has 0 spiro atoms. The molecule has 21 heavy (non-hydrogen) atoms. The van der Waals surface area contributed by atoms with Gasteiger partial charge in [-0.1, -0.05) is 42.5 Å². The van der Waals surface area contributed by atoms with Crippen LogP contribution in [-0.2, 0) is 16.8 Å². The lowest BCUT2D eigenvalue weighted by atomic mass is 9.84. The molecule has 0 aliphatic rings. The Morgan fingerprint density at radius 2 is 1.81 bits per heavy atom. The second kappa shape index (κ2) is 6.44. The van der Waals surface area contributed by atoms with Crippen LogP contribution in [0.15, 0.2) is 54.6 Å². The molecule has 110 valence electrons. The molecule has 2 aromatic rings. The summed E-state index contributed by atoms with van der Waals surface area (Å²) in [7, 11) is 1.64. The van der Waals surface area contributed by atoms with Crippen LogP contribution in [0.3, 0.4) is 0 Å². The van der Waals surface area contributed by atoms with E-state index in [4.69, 9.17) is 4.74 Å². The summed E-state index contributed by atoms with van der Waals surface area (Å²) in [5, 5.41) is 2.99. The Labute approximate surface area is 126 Å². The van der Waals surface area contributed by atoms with Gasteiger partial charge in [-0.3, -0.25) is 4.79 Å². The third-order valence-electron chi connectivity index (χ3n) is 3.65. The molecule has 0 saturated carbocycles. The molecule has 1 N–H and O–H groups in total. The standard InChI is InChI=1S/C18H21NO2/c1-18(2,15-9-5-4-6-10-15)17(20)19-13-14-8-7-11-16(12-14)21-3/h4-12H,13H2,1-3H3,(H,19,20). The fourth-order valence-electron chi connectivity index (χ4n) is 2.17. The van der Waals surface area contributed by atoms with E-state index in [0.717, 1.165) is 16.9 Å². The minimum Gasteiger partial charge on any atom is -0.497 e. The molecular formula is C18H21NO2. The van der Waals surface area contributed by atoms with E-state index in [2.05, 4.69) is 5.32 Å². The number of rotatable bonds is 5. The SMILES string of the molecule is COc1cccc(CNC(=O)C(C)(C)c2ccccc2)c1. The number of hydrogen-bond donors (Lipinski definition) is 1. The predicted molar refractivity (Wildman–Crippen MR) is 84.3 cm³/mol. The van der Waals surface area contributed by atoms with Gasteiger partial charge in [0.1, 0.15) is 5.75 Å². The summed E-state index contributed by atoms with van der Waals surface area (Å²) in [4.78, 5) is 12.5. The van der Waals surface area contributed by atoms with Gasteiger partial charge in [0.15, 0.2) is 0 Å². The van der Waals surface area contributed by atoms with Crippen molar-refractivity contribution in [1.82, 2.24) is 5.32 Å². The highest BCUT2D eigenvalue weighted by Gasteiger charge is 2.29. The predicted octanol–water partition coefficient (Wildman–Crippen LogP) is 3.29. The van der Waals surface area contributed by atoms with Crippen LogP contribution in [0, 0.1) is 0 Å². The van der Waals surface area contributed by atoms with E-state index in [1.54, 1.807) is 7.11 Å². The van der Waals surface area contributed by atoms with Crippen LogP contribution >= 0.6 is 0 Å². The Bertz CT molecular complexity index is 606. The molecule has 0 aliphatic heterocycles. The van der Waals surface area contributed by atoms with Crippen LogP contribution < -0.4 is 10.1 Å². The largest absolute Gasteiger partial charge is 0.497 e. The van der Waals surface area contributed by atoms with Gasteiger partial charge in [0.25, 0.3) is 0 Å². The summed E-state index contributed by atoms with van der Waals surface area (Å²) in [6, 6.07) is 17.5. The Morgan fingerprint density at radius 1 is 1.10 bits per heavy atom. The molecule has 0 heterocycles. The highest BCUT2D eigenvalue weighted by Crippen LogP contribution is 2.23. The maximum atomic E-state index is 12.5. The summed E-state index contributed by atoms with van der Waals surface area (Å²) in [6.07, 6.45) is 0. The first-order valence-electron chi connectivity index (χ1n) is 7.01. The molecular weight excluding hydrogens is 262 g/mol. The topological polar surface area (TPSA) is 38.3 Å². The van der Waals surface area contributed by atoms with Gasteiger partial charge in [-0.05, 0) is 37.1 Å². The van der Waals surface area contributed by atoms with Crippen molar-refractivity contribution >= 4 is 5.91 Å². The van der Waals surface area contributed by atoms with Crippen LogP contribution in [0.4, 0.5) is 0 Å². The highest BCUT2D eigenvalue weighted by atomic mass is 16.5. The molecule has 0 saturated heterocycles. The number of amides is 1. The third-order valence-corrected chi connectivity index (χ3v) is 3.65. The van der Waals surface area contributed by atoms with Crippen molar-refractivity contribution in [3.63, 3.8) is 0 Å². The average Bonchev–Trinajstić information content (AvgIpc) is 2.53. The quantitative estimate of drug-likeness (QED) is 0.914. The van der Waals surface area contributed by atoms with Crippen molar-refractivity contribution in [3.05, 3.63) is 65.7 Å². The number of carbonyl (C=O) groups excluding carboxylic acids is 1. The first-order chi connectivity index (χ1) is 10.0. The van der Waals surface area contributed by atoms with Gasteiger partial charge in [0.2, 0.25) is 5.91 Å². The van der Waals surface area contributed by atoms with Crippen LogP contribution in [0.25, 0.3) is 0 Å². The van der Waals surface area contributed by atoms with Gasteiger partial charge in [0.05, 0.1) is 12.5 Å². The normalized spacial score (nSPS) is 11.0. The number of ether oxygens (including phenoxy) is 1. The van der Waals surface area contributed by atoms with Gasteiger partial charge in [-0.15, -0.1) is 0 Å². The first kappa shape index (κ1) is 15.1. The summed E-state index contributed by atoms with van der Waals surface area (Å²) in [5.74, 6) is 0.806. The van der Waals surface area contributed by atoms with Crippen molar-refractivity contribution in [2.75, 3.05) is 7.11 Å². The van der Waals surface area contributed by atoms with E-state index in [0.29, 0.717) is 6.54 Å². The molecule has 0 aliphatic carbocycles. The van der Waals surface area contributed by atoms with Crippen molar-refractivity contribution in [3.8, 4) is 5.75 Å². The number of methoxy groups -OCH3 is 1. The first-order valence-corrected chi connectivity index (χ1v) is 7.01. The van der Waals surface area contributed by atoms with E-state index in [1.165, 1.54) is 0 Å². The molecule has 0 atom stereocenters. The Morgan fingerprint density at radius 3 is 2.48 bits per heavy atom. The van der Waals surface area contributed by atoms with Crippen LogP contribution in [-0.4, -0.2) is 13.0 Å². The second-order valence-corrected chi connectivity index (χ2v) is 5.53. The molecule has 0 aromatic heterocycles. The molecule has 2 rings (SSSR count). The highest BCUT2D eigenvalue weighted by molar-refractivity contribution is 5.87. The Hall–Kier alpha value is -2.29. The van der Waals surface area contributed by atoms with E-state index in [-0.39, 0.29) is 5.91 Å². The summed E-state index contributed by atoms with van der Waals surface area (Å²) < 4.78 is 5.19. The monoisotopic (exact) mass is 283 g/mol. The molecule has 3 nitrogen and oxygen atoms in total. The Kier molecular flexibility index (Phi) is 4.63. The fourth-order valence-corrected chi connectivity index (χ4v) is 2.17. The summed E-state index contributed by atoms with van der Waals surface area (Å²) in [5.41, 5.74) is 1.47. The van der Waals surface area contributed by atoms with E-state index >= 15 is 0 Å². The van der Waals surface area contributed by atoms with Crippen molar-refractivity contribution in [2.45, 2.75) is 25.8 Å². The fraction of sp³-hybridized carbons (Fsp3) is 0.278. The van der Waals surface area contributed by atoms with Crippen molar-refractivity contribution < 1.29 is 9.53 Å². The lowest BCUT2D eigenvalue weighted by Gasteiger charge is -2.24. The van der Waals surface area contributed by atoms with Gasteiger partial charge in [-0.2, -0.15) is 0 Å². The van der Waals surface area contributed by atoms with E-state index in [9.17, 15) is 4.79 Å². The lowest BCUT2D eigenvalue weighted by molar-refractivity contribution is -0.125. The van der Waals surface area contributed by atoms with E-state index < -0.39 is 5.41 Å². The average molecular weight is 283 g/mol. The molecule has 0 bridgehead atoms. The van der Waals surface area contributed by atoms with Gasteiger partial charge < -0.3 is 10.1 Å². The van der Waals surface area contributed by atoms with Gasteiger partial charge >= 0.3 is 0 Å². The van der Waals surface area contributed by atoms with Crippen LogP contribution in [0.5, 0.6) is 5.75 Å². The smallest absolute Gasteiger partial charge is 0.230 e. The number of carbonyl (C=O) groups is 1. The zero-order chi connectivity index (χ0) is 15.3. The minimum absolute atomic E-state index is 0.0107. The molecule has 0 fully saturated rings.